The maximum absolute atomic E-state index is 12.9. The van der Waals surface area contributed by atoms with Gasteiger partial charge in [-0.25, -0.2) is 9.37 Å². The van der Waals surface area contributed by atoms with Crippen LogP contribution in [-0.4, -0.2) is 24.2 Å². The molecule has 0 N–H and O–H groups in total. The Balaban J connectivity index is 2.08. The van der Waals surface area contributed by atoms with E-state index in [9.17, 15) is 4.39 Å². The topological polar surface area (TPSA) is 16.1 Å². The summed E-state index contributed by atoms with van der Waals surface area (Å²) in [7, 11) is 0. The van der Waals surface area contributed by atoms with Crippen LogP contribution in [0.3, 0.4) is 0 Å². The molecule has 1 saturated heterocycles. The van der Waals surface area contributed by atoms with Crippen molar-refractivity contribution in [3.63, 3.8) is 0 Å². The van der Waals surface area contributed by atoms with Crippen LogP contribution >= 0.6 is 11.6 Å². The molecule has 2 rings (SSSR count). The Morgan fingerprint density at radius 1 is 1.43 bits per heavy atom. The maximum Gasteiger partial charge on any atom is 0.131 e. The molecule has 14 heavy (non-hydrogen) atoms. The Bertz CT molecular complexity index is 311. The fraction of sp³-hybridized carbons (Fsp3) is 0.500. The molecule has 0 amide bonds. The minimum Gasteiger partial charge on any atom is -0.371 e. The summed E-state index contributed by atoms with van der Waals surface area (Å²) in [6.45, 7) is 1.53. The van der Waals surface area contributed by atoms with Gasteiger partial charge in [0.05, 0.1) is 0 Å². The van der Waals surface area contributed by atoms with E-state index in [0.717, 1.165) is 18.8 Å². The van der Waals surface area contributed by atoms with Crippen LogP contribution in [0.2, 0.25) is 5.15 Å². The summed E-state index contributed by atoms with van der Waals surface area (Å²) in [5, 5.41) is 0.491. The van der Waals surface area contributed by atoms with Crippen LogP contribution in [0.5, 0.6) is 0 Å². The molecule has 2 heterocycles. The molecule has 0 saturated carbocycles. The third kappa shape index (κ3) is 2.15. The molecule has 1 aromatic heterocycles. The van der Waals surface area contributed by atoms with Crippen molar-refractivity contribution in [2.75, 3.05) is 18.0 Å². The number of anilines is 1. The molecule has 0 radical (unpaired) electrons. The Morgan fingerprint density at radius 2 is 2.14 bits per heavy atom. The van der Waals surface area contributed by atoms with Crippen molar-refractivity contribution in [1.29, 1.82) is 0 Å². The van der Waals surface area contributed by atoms with Crippen LogP contribution < -0.4 is 4.90 Å². The monoisotopic (exact) mass is 214 g/mol. The van der Waals surface area contributed by atoms with Crippen molar-refractivity contribution >= 4 is 17.3 Å². The molecular formula is C10H12ClFN2. The third-order valence-corrected chi connectivity index (χ3v) is 2.71. The van der Waals surface area contributed by atoms with Crippen molar-refractivity contribution in [3.8, 4) is 0 Å². The predicted octanol–water partition coefficient (Wildman–Crippen LogP) is 2.67. The zero-order valence-corrected chi connectivity index (χ0v) is 8.54. The summed E-state index contributed by atoms with van der Waals surface area (Å²) in [6, 6.07) is 3.73. The number of hydrogen-bond donors (Lipinski definition) is 0. The number of pyridine rings is 1. The number of nitrogens with zero attached hydrogens (tertiary/aromatic N) is 2. The molecule has 0 spiro atoms. The van der Waals surface area contributed by atoms with E-state index in [2.05, 4.69) is 9.88 Å². The highest BCUT2D eigenvalue weighted by atomic mass is 35.5. The molecule has 0 unspecified atom stereocenters. The summed E-state index contributed by atoms with van der Waals surface area (Å²) in [5.74, 6) is 0. The van der Waals surface area contributed by atoms with E-state index in [1.54, 1.807) is 6.20 Å². The van der Waals surface area contributed by atoms with Crippen LogP contribution in [0, 0.1) is 0 Å². The van der Waals surface area contributed by atoms with Gasteiger partial charge in [-0.1, -0.05) is 11.6 Å². The fourth-order valence-electron chi connectivity index (χ4n) is 1.70. The van der Waals surface area contributed by atoms with Crippen molar-refractivity contribution < 1.29 is 4.39 Å². The first-order chi connectivity index (χ1) is 6.75. The standard InChI is InChI=1S/C10H12ClFN2/c11-10-7-9(1-4-13-10)14-5-2-8(12)3-6-14/h1,4,7-8H,2-3,5-6H2. The van der Waals surface area contributed by atoms with Crippen LogP contribution in [-0.2, 0) is 0 Å². The maximum atomic E-state index is 12.9. The van der Waals surface area contributed by atoms with Gasteiger partial charge in [0.1, 0.15) is 11.3 Å². The number of hydrogen-bond acceptors (Lipinski definition) is 2. The molecule has 4 heteroatoms. The van der Waals surface area contributed by atoms with Gasteiger partial charge in [0.2, 0.25) is 0 Å². The third-order valence-electron chi connectivity index (χ3n) is 2.50. The van der Waals surface area contributed by atoms with Gasteiger partial charge < -0.3 is 4.90 Å². The van der Waals surface area contributed by atoms with E-state index in [1.165, 1.54) is 0 Å². The summed E-state index contributed by atoms with van der Waals surface area (Å²) < 4.78 is 12.9. The van der Waals surface area contributed by atoms with E-state index >= 15 is 0 Å². The van der Waals surface area contributed by atoms with Gasteiger partial charge in [-0.15, -0.1) is 0 Å². The van der Waals surface area contributed by atoms with E-state index in [0.29, 0.717) is 18.0 Å². The van der Waals surface area contributed by atoms with Gasteiger partial charge in [0.15, 0.2) is 0 Å². The summed E-state index contributed by atoms with van der Waals surface area (Å²) in [4.78, 5) is 6.06. The average Bonchev–Trinajstić information content (AvgIpc) is 2.19. The van der Waals surface area contributed by atoms with Crippen LogP contribution in [0.25, 0.3) is 0 Å². The van der Waals surface area contributed by atoms with Crippen LogP contribution in [0.1, 0.15) is 12.8 Å². The zero-order chi connectivity index (χ0) is 9.97. The predicted molar refractivity (Wildman–Crippen MR) is 55.6 cm³/mol. The molecule has 76 valence electrons. The van der Waals surface area contributed by atoms with Gasteiger partial charge in [0, 0.05) is 25.0 Å². The van der Waals surface area contributed by atoms with Crippen molar-refractivity contribution in [2.45, 2.75) is 19.0 Å². The lowest BCUT2D eigenvalue weighted by Crippen LogP contribution is -2.34. The molecule has 2 nitrogen and oxygen atoms in total. The van der Waals surface area contributed by atoms with Gasteiger partial charge in [-0.2, -0.15) is 0 Å². The SMILES string of the molecule is FC1CCN(c2ccnc(Cl)c2)CC1. The highest BCUT2D eigenvalue weighted by Gasteiger charge is 2.18. The van der Waals surface area contributed by atoms with Crippen molar-refractivity contribution in [1.82, 2.24) is 4.98 Å². The van der Waals surface area contributed by atoms with Gasteiger partial charge in [-0.3, -0.25) is 0 Å². The first-order valence-electron chi connectivity index (χ1n) is 4.76. The normalized spacial score (nSPS) is 18.6. The Kier molecular flexibility index (Phi) is 2.87. The fourth-order valence-corrected chi connectivity index (χ4v) is 1.86. The highest BCUT2D eigenvalue weighted by Crippen LogP contribution is 2.22. The molecular weight excluding hydrogens is 203 g/mol. The summed E-state index contributed by atoms with van der Waals surface area (Å²) in [6.07, 6.45) is 2.27. The lowest BCUT2D eigenvalue weighted by atomic mass is 10.1. The van der Waals surface area contributed by atoms with Crippen molar-refractivity contribution in [3.05, 3.63) is 23.5 Å². The lowest BCUT2D eigenvalue weighted by Gasteiger charge is -2.30. The zero-order valence-electron chi connectivity index (χ0n) is 7.79. The van der Waals surface area contributed by atoms with Crippen LogP contribution in [0.15, 0.2) is 18.3 Å². The molecule has 0 bridgehead atoms. The molecule has 0 aliphatic carbocycles. The number of alkyl halides is 1. The van der Waals surface area contributed by atoms with E-state index in [-0.39, 0.29) is 0 Å². The molecule has 1 aliphatic rings. The van der Waals surface area contributed by atoms with E-state index in [4.69, 9.17) is 11.6 Å². The van der Waals surface area contributed by atoms with Crippen LogP contribution in [0.4, 0.5) is 10.1 Å². The second kappa shape index (κ2) is 4.13. The van der Waals surface area contributed by atoms with E-state index < -0.39 is 6.17 Å². The van der Waals surface area contributed by atoms with Gasteiger partial charge in [-0.05, 0) is 25.0 Å². The quantitative estimate of drug-likeness (QED) is 0.669. The average molecular weight is 215 g/mol. The van der Waals surface area contributed by atoms with Gasteiger partial charge >= 0.3 is 0 Å². The number of piperidine rings is 1. The molecule has 1 aliphatic heterocycles. The number of aromatic nitrogens is 1. The number of rotatable bonds is 1. The minimum absolute atomic E-state index is 0.491. The van der Waals surface area contributed by atoms with Gasteiger partial charge in [0.25, 0.3) is 0 Å². The second-order valence-electron chi connectivity index (χ2n) is 3.50. The Morgan fingerprint density at radius 3 is 2.79 bits per heavy atom. The molecule has 1 aromatic rings. The number of halogens is 2. The Hall–Kier alpha value is -0.830. The van der Waals surface area contributed by atoms with Crippen molar-refractivity contribution in [2.24, 2.45) is 0 Å². The van der Waals surface area contributed by atoms with E-state index in [1.807, 2.05) is 12.1 Å². The Labute approximate surface area is 87.7 Å². The largest absolute Gasteiger partial charge is 0.371 e. The lowest BCUT2D eigenvalue weighted by molar-refractivity contribution is 0.277. The minimum atomic E-state index is -0.636. The first kappa shape index (κ1) is 9.71. The summed E-state index contributed by atoms with van der Waals surface area (Å²) >= 11 is 5.78. The smallest absolute Gasteiger partial charge is 0.131 e. The molecule has 1 fully saturated rings. The molecule has 0 aromatic carbocycles. The highest BCUT2D eigenvalue weighted by molar-refractivity contribution is 6.29. The molecule has 0 atom stereocenters. The second-order valence-corrected chi connectivity index (χ2v) is 3.89. The first-order valence-corrected chi connectivity index (χ1v) is 5.14. The summed E-state index contributed by atoms with van der Waals surface area (Å²) in [5.41, 5.74) is 1.04.